The predicted octanol–water partition coefficient (Wildman–Crippen LogP) is 0.483. The maximum absolute atomic E-state index is 11.5. The number of fused-ring (bicyclic) bond motifs is 1. The van der Waals surface area contributed by atoms with Crippen molar-refractivity contribution in [3.8, 4) is 0 Å². The van der Waals surface area contributed by atoms with E-state index >= 15 is 0 Å². The average Bonchev–Trinajstić information content (AvgIpc) is 2.82. The van der Waals surface area contributed by atoms with Crippen LogP contribution in [0.25, 0.3) is 0 Å². The first kappa shape index (κ1) is 11.9. The molecule has 0 bridgehead atoms. The van der Waals surface area contributed by atoms with E-state index < -0.39 is 18.2 Å². The molecule has 1 N–H and O–H groups in total. The molecule has 0 aliphatic carbocycles. The first-order valence-electron chi connectivity index (χ1n) is 5.52. The van der Waals surface area contributed by atoms with E-state index in [-0.39, 0.29) is 18.6 Å². The second-order valence-electron chi connectivity index (χ2n) is 4.27. The fraction of sp³-hybridized carbons (Fsp3) is 0.636. The van der Waals surface area contributed by atoms with Crippen LogP contribution in [0.15, 0.2) is 12.7 Å². The molecule has 0 aromatic rings. The lowest BCUT2D eigenvalue weighted by atomic mass is 10.0. The molecule has 0 aromatic carbocycles. The topological polar surface area (TPSA) is 76.1 Å². The Labute approximate surface area is 98.8 Å². The van der Waals surface area contributed by atoms with Gasteiger partial charge in [0.15, 0.2) is 6.10 Å². The summed E-state index contributed by atoms with van der Waals surface area (Å²) < 4.78 is 10.3. The van der Waals surface area contributed by atoms with Crippen LogP contribution in [0.1, 0.15) is 6.42 Å². The van der Waals surface area contributed by atoms with Crippen LogP contribution in [0.5, 0.6) is 0 Å². The van der Waals surface area contributed by atoms with Crippen LogP contribution in [-0.2, 0) is 14.3 Å². The van der Waals surface area contributed by atoms with Gasteiger partial charge in [-0.25, -0.2) is 9.59 Å². The SMILES string of the molecule is C=CCOC(=O)N1CC2CC(C(=O)O)OC2C1. The number of carbonyl (C=O) groups excluding carboxylic acids is 1. The minimum atomic E-state index is -0.930. The van der Waals surface area contributed by atoms with Crippen LogP contribution in [0.3, 0.4) is 0 Å². The normalized spacial score (nSPS) is 31.1. The number of amides is 1. The van der Waals surface area contributed by atoms with Gasteiger partial charge in [0.25, 0.3) is 0 Å². The molecule has 6 heteroatoms. The monoisotopic (exact) mass is 241 g/mol. The van der Waals surface area contributed by atoms with Crippen molar-refractivity contribution in [2.45, 2.75) is 18.6 Å². The molecular formula is C11H15NO5. The average molecular weight is 241 g/mol. The van der Waals surface area contributed by atoms with Gasteiger partial charge >= 0.3 is 12.1 Å². The van der Waals surface area contributed by atoms with Crippen molar-refractivity contribution < 1.29 is 24.2 Å². The van der Waals surface area contributed by atoms with E-state index in [0.717, 1.165) is 0 Å². The highest BCUT2D eigenvalue weighted by Gasteiger charge is 2.46. The van der Waals surface area contributed by atoms with Crippen LogP contribution >= 0.6 is 0 Å². The molecule has 1 amide bonds. The van der Waals surface area contributed by atoms with Crippen LogP contribution in [0.2, 0.25) is 0 Å². The molecule has 2 fully saturated rings. The maximum atomic E-state index is 11.5. The second-order valence-corrected chi connectivity index (χ2v) is 4.27. The lowest BCUT2D eigenvalue weighted by Gasteiger charge is -2.17. The van der Waals surface area contributed by atoms with Crippen molar-refractivity contribution in [1.29, 1.82) is 0 Å². The van der Waals surface area contributed by atoms with Gasteiger partial charge in [0.2, 0.25) is 0 Å². The van der Waals surface area contributed by atoms with Gasteiger partial charge in [0.1, 0.15) is 6.61 Å². The van der Waals surface area contributed by atoms with Crippen molar-refractivity contribution >= 4 is 12.1 Å². The highest BCUT2D eigenvalue weighted by Crippen LogP contribution is 2.33. The molecule has 0 spiro atoms. The molecular weight excluding hydrogens is 226 g/mol. The van der Waals surface area contributed by atoms with Crippen molar-refractivity contribution in [1.82, 2.24) is 4.90 Å². The predicted molar refractivity (Wildman–Crippen MR) is 57.5 cm³/mol. The third kappa shape index (κ3) is 2.41. The van der Waals surface area contributed by atoms with E-state index in [2.05, 4.69) is 6.58 Å². The minimum Gasteiger partial charge on any atom is -0.479 e. The number of carbonyl (C=O) groups is 2. The van der Waals surface area contributed by atoms with E-state index in [9.17, 15) is 9.59 Å². The third-order valence-electron chi connectivity index (χ3n) is 3.10. The summed E-state index contributed by atoms with van der Waals surface area (Å²) in [6.45, 7) is 4.56. The molecule has 2 rings (SSSR count). The van der Waals surface area contributed by atoms with Gasteiger partial charge in [0.05, 0.1) is 12.6 Å². The Morgan fingerprint density at radius 2 is 2.29 bits per heavy atom. The molecule has 94 valence electrons. The number of rotatable bonds is 3. The molecule has 2 saturated heterocycles. The second kappa shape index (κ2) is 4.75. The number of aliphatic carboxylic acids is 1. The van der Waals surface area contributed by atoms with Gasteiger partial charge in [-0.1, -0.05) is 12.7 Å². The van der Waals surface area contributed by atoms with Gasteiger partial charge in [-0.3, -0.25) is 0 Å². The quantitative estimate of drug-likeness (QED) is 0.727. The number of hydrogen-bond donors (Lipinski definition) is 1. The number of likely N-dealkylation sites (tertiary alicyclic amines) is 1. The molecule has 3 unspecified atom stereocenters. The number of nitrogens with zero attached hydrogens (tertiary/aromatic N) is 1. The largest absolute Gasteiger partial charge is 0.479 e. The Balaban J connectivity index is 1.85. The molecule has 0 saturated carbocycles. The standard InChI is InChI=1S/C11H15NO5/c1-2-3-16-11(15)12-5-7-4-8(10(13)14)17-9(7)6-12/h2,7-9H,1,3-6H2,(H,13,14). The zero-order valence-electron chi connectivity index (χ0n) is 9.37. The molecule has 2 aliphatic rings. The fourth-order valence-corrected chi connectivity index (χ4v) is 2.29. The molecule has 0 radical (unpaired) electrons. The highest BCUT2D eigenvalue weighted by atomic mass is 16.6. The van der Waals surface area contributed by atoms with Gasteiger partial charge in [-0.15, -0.1) is 0 Å². The first-order chi connectivity index (χ1) is 8.11. The summed E-state index contributed by atoms with van der Waals surface area (Å²) in [5.41, 5.74) is 0. The van der Waals surface area contributed by atoms with Gasteiger partial charge in [0, 0.05) is 12.5 Å². The summed E-state index contributed by atoms with van der Waals surface area (Å²) in [5.74, 6) is -0.826. The van der Waals surface area contributed by atoms with E-state index in [1.54, 1.807) is 4.90 Å². The molecule has 3 atom stereocenters. The van der Waals surface area contributed by atoms with Crippen LogP contribution in [0.4, 0.5) is 4.79 Å². The van der Waals surface area contributed by atoms with Crippen molar-refractivity contribution in [2.24, 2.45) is 5.92 Å². The fourth-order valence-electron chi connectivity index (χ4n) is 2.29. The Morgan fingerprint density at radius 3 is 2.88 bits per heavy atom. The zero-order valence-corrected chi connectivity index (χ0v) is 9.37. The Kier molecular flexibility index (Phi) is 3.33. The molecule has 2 heterocycles. The summed E-state index contributed by atoms with van der Waals surface area (Å²) in [6, 6.07) is 0. The number of ether oxygens (including phenoxy) is 2. The maximum Gasteiger partial charge on any atom is 0.410 e. The smallest absolute Gasteiger partial charge is 0.410 e. The summed E-state index contributed by atoms with van der Waals surface area (Å²) >= 11 is 0. The lowest BCUT2D eigenvalue weighted by molar-refractivity contribution is -0.149. The number of carboxylic acids is 1. The lowest BCUT2D eigenvalue weighted by Crippen LogP contribution is -2.33. The van der Waals surface area contributed by atoms with E-state index in [1.165, 1.54) is 6.08 Å². The van der Waals surface area contributed by atoms with E-state index in [4.69, 9.17) is 14.6 Å². The Morgan fingerprint density at radius 1 is 1.53 bits per heavy atom. The van der Waals surface area contributed by atoms with Crippen LogP contribution in [-0.4, -0.2) is 54.0 Å². The van der Waals surface area contributed by atoms with Crippen molar-refractivity contribution in [2.75, 3.05) is 19.7 Å². The molecule has 2 aliphatic heterocycles. The van der Waals surface area contributed by atoms with Crippen molar-refractivity contribution in [3.05, 3.63) is 12.7 Å². The summed E-state index contributed by atoms with van der Waals surface area (Å²) in [6.07, 6.45) is 0.676. The van der Waals surface area contributed by atoms with Gasteiger partial charge in [-0.2, -0.15) is 0 Å². The summed E-state index contributed by atoms with van der Waals surface area (Å²) in [7, 11) is 0. The minimum absolute atomic E-state index is 0.104. The number of carboxylic acid groups (broad SMARTS) is 1. The summed E-state index contributed by atoms with van der Waals surface area (Å²) in [4.78, 5) is 23.8. The molecule has 0 aromatic heterocycles. The zero-order chi connectivity index (χ0) is 12.4. The highest BCUT2D eigenvalue weighted by molar-refractivity contribution is 5.73. The Bertz CT molecular complexity index is 329. The van der Waals surface area contributed by atoms with Gasteiger partial charge < -0.3 is 19.5 Å². The molecule has 6 nitrogen and oxygen atoms in total. The van der Waals surface area contributed by atoms with Crippen LogP contribution < -0.4 is 0 Å². The summed E-state index contributed by atoms with van der Waals surface area (Å²) in [5, 5.41) is 8.82. The van der Waals surface area contributed by atoms with Crippen molar-refractivity contribution in [3.63, 3.8) is 0 Å². The third-order valence-corrected chi connectivity index (χ3v) is 3.10. The van der Waals surface area contributed by atoms with Gasteiger partial charge in [-0.05, 0) is 6.42 Å². The van der Waals surface area contributed by atoms with E-state index in [0.29, 0.717) is 19.5 Å². The van der Waals surface area contributed by atoms with E-state index in [1.807, 2.05) is 0 Å². The first-order valence-corrected chi connectivity index (χ1v) is 5.52. The Hall–Kier alpha value is -1.56. The van der Waals surface area contributed by atoms with Crippen LogP contribution in [0, 0.1) is 5.92 Å². The molecule has 17 heavy (non-hydrogen) atoms. The number of hydrogen-bond acceptors (Lipinski definition) is 4.